The van der Waals surface area contributed by atoms with Crippen LogP contribution in [0.1, 0.15) is 35.3 Å². The SMILES string of the molecule is O=C(N=S1(=O)CCCCC1)c1cn(-c2ccccc2C(F)(F)F)nn1. The van der Waals surface area contributed by atoms with E-state index in [4.69, 9.17) is 0 Å². The molecule has 0 bridgehead atoms. The molecule has 0 N–H and O–H groups in total. The van der Waals surface area contributed by atoms with Crippen LogP contribution in [-0.4, -0.2) is 36.6 Å². The second kappa shape index (κ2) is 6.58. The van der Waals surface area contributed by atoms with Crippen LogP contribution in [-0.2, 0) is 15.9 Å². The minimum Gasteiger partial charge on any atom is -0.264 e. The molecule has 1 aromatic carbocycles. The summed E-state index contributed by atoms with van der Waals surface area (Å²) in [6, 6.07) is 4.83. The third kappa shape index (κ3) is 3.89. The van der Waals surface area contributed by atoms with Crippen molar-refractivity contribution in [3.63, 3.8) is 0 Å². The van der Waals surface area contributed by atoms with Crippen molar-refractivity contribution in [2.75, 3.05) is 11.5 Å². The summed E-state index contributed by atoms with van der Waals surface area (Å²) in [6.45, 7) is 0. The monoisotopic (exact) mass is 372 g/mol. The predicted octanol–water partition coefficient (Wildman–Crippen LogP) is 3.08. The van der Waals surface area contributed by atoms with Gasteiger partial charge in [0, 0.05) is 11.5 Å². The van der Waals surface area contributed by atoms with Gasteiger partial charge in [-0.2, -0.15) is 17.5 Å². The molecule has 6 nitrogen and oxygen atoms in total. The number of aromatic nitrogens is 3. The Morgan fingerprint density at radius 2 is 1.84 bits per heavy atom. The van der Waals surface area contributed by atoms with Crippen molar-refractivity contribution < 1.29 is 22.2 Å². The zero-order valence-corrected chi connectivity index (χ0v) is 13.9. The van der Waals surface area contributed by atoms with Crippen LogP contribution in [0.15, 0.2) is 34.8 Å². The molecule has 1 saturated heterocycles. The first-order valence-corrected chi connectivity index (χ1v) is 9.50. The van der Waals surface area contributed by atoms with E-state index in [-0.39, 0.29) is 11.4 Å². The summed E-state index contributed by atoms with van der Waals surface area (Å²) in [4.78, 5) is 12.2. The number of rotatable bonds is 2. The highest BCUT2D eigenvalue weighted by atomic mass is 32.2. The van der Waals surface area contributed by atoms with Crippen molar-refractivity contribution in [2.45, 2.75) is 25.4 Å². The Morgan fingerprint density at radius 1 is 1.16 bits per heavy atom. The first-order valence-electron chi connectivity index (χ1n) is 7.64. The van der Waals surface area contributed by atoms with Crippen LogP contribution in [0.4, 0.5) is 13.2 Å². The number of carbonyl (C=O) groups is 1. The van der Waals surface area contributed by atoms with E-state index in [2.05, 4.69) is 14.7 Å². The molecule has 1 aromatic heterocycles. The van der Waals surface area contributed by atoms with Crippen LogP contribution in [0, 0.1) is 0 Å². The molecule has 0 aliphatic carbocycles. The number of nitrogens with zero attached hydrogens (tertiary/aromatic N) is 4. The number of carbonyl (C=O) groups excluding carboxylic acids is 1. The standard InChI is InChI=1S/C15H15F3N4O2S/c16-15(17,18)11-6-2-3-7-13(11)22-10-12(19-21-22)14(23)20-25(24)8-4-1-5-9-25/h2-3,6-7,10H,1,4-5,8-9H2. The van der Waals surface area contributed by atoms with Gasteiger partial charge in [-0.3, -0.25) is 4.79 Å². The molecule has 1 fully saturated rings. The summed E-state index contributed by atoms with van der Waals surface area (Å²) in [7, 11) is -2.61. The van der Waals surface area contributed by atoms with Crippen molar-refractivity contribution in [3.05, 3.63) is 41.7 Å². The predicted molar refractivity (Wildman–Crippen MR) is 84.8 cm³/mol. The van der Waals surface area contributed by atoms with Crippen LogP contribution >= 0.6 is 0 Å². The highest BCUT2D eigenvalue weighted by Gasteiger charge is 2.34. The molecular weight excluding hydrogens is 357 g/mol. The van der Waals surface area contributed by atoms with Crippen LogP contribution in [0.3, 0.4) is 0 Å². The molecule has 25 heavy (non-hydrogen) atoms. The average Bonchev–Trinajstić information content (AvgIpc) is 3.04. The van der Waals surface area contributed by atoms with E-state index < -0.39 is 27.4 Å². The smallest absolute Gasteiger partial charge is 0.264 e. The fourth-order valence-electron chi connectivity index (χ4n) is 2.62. The summed E-state index contributed by atoms with van der Waals surface area (Å²) in [6.07, 6.45) is -1.07. The molecule has 0 spiro atoms. The highest BCUT2D eigenvalue weighted by molar-refractivity contribution is 7.93. The number of amides is 1. The third-order valence-electron chi connectivity index (χ3n) is 3.84. The van der Waals surface area contributed by atoms with E-state index in [1.807, 2.05) is 0 Å². The van der Waals surface area contributed by atoms with Gasteiger partial charge in [-0.1, -0.05) is 23.8 Å². The van der Waals surface area contributed by atoms with Gasteiger partial charge in [-0.25, -0.2) is 8.89 Å². The van der Waals surface area contributed by atoms with Crippen molar-refractivity contribution in [2.24, 2.45) is 4.36 Å². The minimum absolute atomic E-state index is 0.231. The Labute approximate surface area is 142 Å². The highest BCUT2D eigenvalue weighted by Crippen LogP contribution is 2.33. The van der Waals surface area contributed by atoms with Crippen LogP contribution in [0.5, 0.6) is 0 Å². The molecule has 2 aromatic rings. The van der Waals surface area contributed by atoms with Crippen molar-refractivity contribution in [1.29, 1.82) is 0 Å². The molecular formula is C15H15F3N4O2S. The summed E-state index contributed by atoms with van der Waals surface area (Å²) in [5.74, 6) is -0.115. The summed E-state index contributed by atoms with van der Waals surface area (Å²) in [5, 5.41) is 7.18. The number of benzene rings is 1. The molecule has 10 heteroatoms. The maximum absolute atomic E-state index is 13.1. The van der Waals surface area contributed by atoms with E-state index in [9.17, 15) is 22.2 Å². The van der Waals surface area contributed by atoms with Crippen LogP contribution in [0.2, 0.25) is 0 Å². The van der Waals surface area contributed by atoms with Crippen LogP contribution < -0.4 is 0 Å². The first kappa shape index (κ1) is 17.6. The Bertz CT molecular complexity index is 901. The maximum atomic E-state index is 13.1. The molecule has 0 saturated carbocycles. The van der Waals surface area contributed by atoms with E-state index in [1.165, 1.54) is 18.2 Å². The lowest BCUT2D eigenvalue weighted by Gasteiger charge is -2.14. The third-order valence-corrected chi connectivity index (χ3v) is 6.20. The zero-order valence-electron chi connectivity index (χ0n) is 13.1. The molecule has 1 amide bonds. The largest absolute Gasteiger partial charge is 0.418 e. The van der Waals surface area contributed by atoms with Gasteiger partial charge >= 0.3 is 12.1 Å². The normalized spacial score (nSPS) is 17.2. The quantitative estimate of drug-likeness (QED) is 0.812. The first-order chi connectivity index (χ1) is 11.8. The number of para-hydroxylation sites is 1. The molecule has 134 valence electrons. The maximum Gasteiger partial charge on any atom is 0.418 e. The van der Waals surface area contributed by atoms with Gasteiger partial charge in [0.25, 0.3) is 0 Å². The molecule has 3 rings (SSSR count). The summed E-state index contributed by atoms with van der Waals surface area (Å²) in [5.41, 5.74) is -1.37. The van der Waals surface area contributed by atoms with E-state index in [0.29, 0.717) is 11.5 Å². The van der Waals surface area contributed by atoms with Gasteiger partial charge in [0.2, 0.25) is 0 Å². The van der Waals surface area contributed by atoms with Crippen LogP contribution in [0.25, 0.3) is 5.69 Å². The van der Waals surface area contributed by atoms with Gasteiger partial charge in [-0.05, 0) is 25.0 Å². The van der Waals surface area contributed by atoms with Gasteiger partial charge in [0.1, 0.15) is 0 Å². The zero-order chi connectivity index (χ0) is 18.1. The lowest BCUT2D eigenvalue weighted by atomic mass is 10.1. The number of halogens is 3. The van der Waals surface area contributed by atoms with Gasteiger partial charge < -0.3 is 0 Å². The van der Waals surface area contributed by atoms with Gasteiger partial charge in [0.15, 0.2) is 5.69 Å². The van der Waals surface area contributed by atoms with Crippen molar-refractivity contribution in [1.82, 2.24) is 15.0 Å². The molecule has 1 aliphatic heterocycles. The number of hydrogen-bond acceptors (Lipinski definition) is 4. The Kier molecular flexibility index (Phi) is 4.63. The lowest BCUT2D eigenvalue weighted by Crippen LogP contribution is -2.18. The van der Waals surface area contributed by atoms with E-state index in [1.54, 1.807) is 0 Å². The van der Waals surface area contributed by atoms with Gasteiger partial charge in [0.05, 0.1) is 27.2 Å². The van der Waals surface area contributed by atoms with E-state index >= 15 is 0 Å². The topological polar surface area (TPSA) is 77.2 Å². The molecule has 0 radical (unpaired) electrons. The minimum atomic E-state index is -4.57. The average molecular weight is 372 g/mol. The van der Waals surface area contributed by atoms with E-state index in [0.717, 1.165) is 36.2 Å². The lowest BCUT2D eigenvalue weighted by molar-refractivity contribution is -0.137. The Balaban J connectivity index is 1.93. The Morgan fingerprint density at radius 3 is 2.52 bits per heavy atom. The molecule has 2 heterocycles. The second-order valence-electron chi connectivity index (χ2n) is 5.70. The molecule has 0 unspecified atom stereocenters. The number of hydrogen-bond donors (Lipinski definition) is 0. The molecule has 0 atom stereocenters. The van der Waals surface area contributed by atoms with Crippen molar-refractivity contribution >= 4 is 15.6 Å². The molecule has 1 aliphatic rings. The fraction of sp³-hybridized carbons (Fsp3) is 0.400. The second-order valence-corrected chi connectivity index (χ2v) is 8.25. The fourth-order valence-corrected chi connectivity index (χ4v) is 4.71. The number of alkyl halides is 3. The van der Waals surface area contributed by atoms with Gasteiger partial charge in [-0.15, -0.1) is 5.10 Å². The summed E-state index contributed by atoms with van der Waals surface area (Å²) >= 11 is 0. The summed E-state index contributed by atoms with van der Waals surface area (Å²) < 4.78 is 56.3. The Hall–Kier alpha value is -2.23. The van der Waals surface area contributed by atoms with Crippen molar-refractivity contribution in [3.8, 4) is 5.69 Å².